The molecule has 24 heavy (non-hydrogen) atoms. The van der Waals surface area contributed by atoms with Crippen LogP contribution < -0.4 is 10.1 Å². The molecule has 3 rings (SSSR count). The van der Waals surface area contributed by atoms with E-state index in [4.69, 9.17) is 4.74 Å². The van der Waals surface area contributed by atoms with Gasteiger partial charge < -0.3 is 10.1 Å². The van der Waals surface area contributed by atoms with E-state index in [9.17, 15) is 4.79 Å². The largest absolute Gasteiger partial charge is 0.496 e. The fourth-order valence-corrected chi connectivity index (χ4v) is 3.07. The van der Waals surface area contributed by atoms with Crippen LogP contribution in [-0.2, 0) is 11.3 Å². The summed E-state index contributed by atoms with van der Waals surface area (Å²) in [6.07, 6.45) is 7.01. The first-order chi connectivity index (χ1) is 11.8. The van der Waals surface area contributed by atoms with Crippen molar-refractivity contribution in [1.29, 1.82) is 0 Å². The number of benzene rings is 1. The number of aromatic nitrogens is 4. The number of amides is 1. The highest BCUT2D eigenvalue weighted by atomic mass is 16.5. The van der Waals surface area contributed by atoms with Gasteiger partial charge in [0, 0.05) is 6.04 Å². The van der Waals surface area contributed by atoms with Gasteiger partial charge in [-0.3, -0.25) is 4.79 Å². The van der Waals surface area contributed by atoms with Crippen LogP contribution in [0.1, 0.15) is 38.5 Å². The molecule has 1 fully saturated rings. The molecule has 0 radical (unpaired) electrons. The monoisotopic (exact) mass is 329 g/mol. The van der Waals surface area contributed by atoms with E-state index in [1.165, 1.54) is 30.5 Å². The Morgan fingerprint density at radius 2 is 2.00 bits per heavy atom. The second kappa shape index (κ2) is 7.90. The van der Waals surface area contributed by atoms with Gasteiger partial charge in [0.15, 0.2) is 0 Å². The number of tetrazole rings is 1. The number of ether oxygens (including phenoxy) is 1. The standard InChI is InChI=1S/C17H23N5O2/c1-24-15-11-7-6-10-14(15)17-19-21-22(20-17)12-16(23)18-13-8-4-2-3-5-9-13/h6-7,10-11,13H,2-5,8-9,12H2,1H3,(H,18,23). The molecule has 7 nitrogen and oxygen atoms in total. The first-order valence-electron chi connectivity index (χ1n) is 8.47. The minimum absolute atomic E-state index is 0.0640. The lowest BCUT2D eigenvalue weighted by Crippen LogP contribution is -2.37. The van der Waals surface area contributed by atoms with E-state index < -0.39 is 0 Å². The summed E-state index contributed by atoms with van der Waals surface area (Å²) in [5.74, 6) is 1.07. The molecule has 0 unspecified atom stereocenters. The van der Waals surface area contributed by atoms with Crippen molar-refractivity contribution in [2.75, 3.05) is 7.11 Å². The van der Waals surface area contributed by atoms with Crippen molar-refractivity contribution >= 4 is 5.91 Å². The van der Waals surface area contributed by atoms with E-state index in [1.807, 2.05) is 24.3 Å². The minimum atomic E-state index is -0.0640. The number of carbonyl (C=O) groups excluding carboxylic acids is 1. The Labute approximate surface area is 141 Å². The molecule has 0 spiro atoms. The third-order valence-electron chi connectivity index (χ3n) is 4.31. The molecule has 1 heterocycles. The lowest BCUT2D eigenvalue weighted by atomic mass is 10.1. The van der Waals surface area contributed by atoms with Crippen molar-refractivity contribution in [3.05, 3.63) is 24.3 Å². The summed E-state index contributed by atoms with van der Waals surface area (Å²) in [6, 6.07) is 7.75. The molecule has 2 aromatic rings. The molecular formula is C17H23N5O2. The molecule has 0 atom stereocenters. The number of nitrogens with one attached hydrogen (secondary N) is 1. The smallest absolute Gasteiger partial charge is 0.243 e. The zero-order chi connectivity index (χ0) is 16.8. The molecular weight excluding hydrogens is 306 g/mol. The van der Waals surface area contributed by atoms with Gasteiger partial charge in [0.05, 0.1) is 12.7 Å². The van der Waals surface area contributed by atoms with Crippen molar-refractivity contribution in [2.24, 2.45) is 0 Å². The van der Waals surface area contributed by atoms with Crippen LogP contribution >= 0.6 is 0 Å². The maximum Gasteiger partial charge on any atom is 0.243 e. The quantitative estimate of drug-likeness (QED) is 0.850. The zero-order valence-corrected chi connectivity index (χ0v) is 13.9. The van der Waals surface area contributed by atoms with Crippen molar-refractivity contribution in [2.45, 2.75) is 51.1 Å². The summed E-state index contributed by atoms with van der Waals surface area (Å²) in [7, 11) is 1.60. The first-order valence-corrected chi connectivity index (χ1v) is 8.47. The summed E-state index contributed by atoms with van der Waals surface area (Å²) in [6.45, 7) is 0.0820. The molecule has 0 aliphatic heterocycles. The van der Waals surface area contributed by atoms with Crippen LogP contribution in [0.5, 0.6) is 5.75 Å². The van der Waals surface area contributed by atoms with E-state index in [0.717, 1.165) is 18.4 Å². The van der Waals surface area contributed by atoms with Crippen LogP contribution in [0.2, 0.25) is 0 Å². The highest BCUT2D eigenvalue weighted by Crippen LogP contribution is 2.25. The van der Waals surface area contributed by atoms with Gasteiger partial charge in [-0.15, -0.1) is 10.2 Å². The third-order valence-corrected chi connectivity index (χ3v) is 4.31. The van der Waals surface area contributed by atoms with Gasteiger partial charge in [0.2, 0.25) is 11.7 Å². The number of para-hydroxylation sites is 1. The maximum atomic E-state index is 12.2. The predicted octanol–water partition coefficient (Wildman–Crippen LogP) is 2.19. The summed E-state index contributed by atoms with van der Waals surface area (Å²) < 4.78 is 5.31. The normalized spacial score (nSPS) is 15.7. The average Bonchev–Trinajstić information content (AvgIpc) is 2.90. The van der Waals surface area contributed by atoms with E-state index >= 15 is 0 Å². The second-order valence-corrected chi connectivity index (χ2v) is 6.10. The van der Waals surface area contributed by atoms with Crippen LogP contribution in [0.25, 0.3) is 11.4 Å². The third kappa shape index (κ3) is 4.10. The van der Waals surface area contributed by atoms with Gasteiger partial charge in [-0.05, 0) is 30.2 Å². The summed E-state index contributed by atoms with van der Waals surface area (Å²) in [5, 5.41) is 15.4. The Hall–Kier alpha value is -2.44. The number of hydrogen-bond donors (Lipinski definition) is 1. The Bertz CT molecular complexity index is 677. The van der Waals surface area contributed by atoms with Crippen LogP contribution in [0.4, 0.5) is 0 Å². The van der Waals surface area contributed by atoms with Crippen LogP contribution in [0.3, 0.4) is 0 Å². The second-order valence-electron chi connectivity index (χ2n) is 6.10. The number of rotatable bonds is 5. The van der Waals surface area contributed by atoms with Gasteiger partial charge in [0.25, 0.3) is 0 Å². The summed E-state index contributed by atoms with van der Waals surface area (Å²) >= 11 is 0. The van der Waals surface area contributed by atoms with Gasteiger partial charge >= 0.3 is 0 Å². The molecule has 1 aliphatic rings. The molecule has 1 aliphatic carbocycles. The van der Waals surface area contributed by atoms with Gasteiger partial charge in [-0.2, -0.15) is 4.80 Å². The van der Waals surface area contributed by atoms with Crippen molar-refractivity contribution in [1.82, 2.24) is 25.5 Å². The van der Waals surface area contributed by atoms with E-state index in [1.54, 1.807) is 7.11 Å². The Morgan fingerprint density at radius 3 is 2.75 bits per heavy atom. The molecule has 1 N–H and O–H groups in total. The number of methoxy groups -OCH3 is 1. The van der Waals surface area contributed by atoms with E-state index in [-0.39, 0.29) is 18.5 Å². The summed E-state index contributed by atoms with van der Waals surface area (Å²) in [4.78, 5) is 13.5. The van der Waals surface area contributed by atoms with E-state index in [0.29, 0.717) is 11.6 Å². The predicted molar refractivity (Wildman–Crippen MR) is 89.4 cm³/mol. The highest BCUT2D eigenvalue weighted by Gasteiger charge is 2.16. The van der Waals surface area contributed by atoms with E-state index in [2.05, 4.69) is 20.7 Å². The topological polar surface area (TPSA) is 81.9 Å². The Kier molecular flexibility index (Phi) is 5.40. The van der Waals surface area contributed by atoms with Gasteiger partial charge in [-0.1, -0.05) is 37.8 Å². The van der Waals surface area contributed by atoms with Crippen molar-refractivity contribution < 1.29 is 9.53 Å². The molecule has 1 amide bonds. The Balaban J connectivity index is 1.62. The SMILES string of the molecule is COc1ccccc1-c1nnn(CC(=O)NC2CCCCCC2)n1. The van der Waals surface area contributed by atoms with Crippen LogP contribution in [0, 0.1) is 0 Å². The fourth-order valence-electron chi connectivity index (χ4n) is 3.07. The lowest BCUT2D eigenvalue weighted by Gasteiger charge is -2.15. The average molecular weight is 329 g/mol. The lowest BCUT2D eigenvalue weighted by molar-refractivity contribution is -0.122. The number of carbonyl (C=O) groups is 1. The maximum absolute atomic E-state index is 12.2. The fraction of sp³-hybridized carbons (Fsp3) is 0.529. The van der Waals surface area contributed by atoms with Gasteiger partial charge in [0.1, 0.15) is 12.3 Å². The number of nitrogens with zero attached hydrogens (tertiary/aromatic N) is 4. The molecule has 1 saturated carbocycles. The first kappa shape index (κ1) is 16.4. The molecule has 7 heteroatoms. The summed E-state index contributed by atoms with van der Waals surface area (Å²) in [5.41, 5.74) is 0.760. The van der Waals surface area contributed by atoms with Crippen molar-refractivity contribution in [3.8, 4) is 17.1 Å². The van der Waals surface area contributed by atoms with Crippen molar-refractivity contribution in [3.63, 3.8) is 0 Å². The highest BCUT2D eigenvalue weighted by molar-refractivity contribution is 5.75. The molecule has 1 aromatic carbocycles. The molecule has 0 saturated heterocycles. The minimum Gasteiger partial charge on any atom is -0.496 e. The van der Waals surface area contributed by atoms with Crippen LogP contribution in [0.15, 0.2) is 24.3 Å². The van der Waals surface area contributed by atoms with Crippen LogP contribution in [-0.4, -0.2) is 39.3 Å². The molecule has 1 aromatic heterocycles. The molecule has 0 bridgehead atoms. The zero-order valence-electron chi connectivity index (χ0n) is 13.9. The molecule has 128 valence electrons. The number of hydrogen-bond acceptors (Lipinski definition) is 5. The van der Waals surface area contributed by atoms with Gasteiger partial charge in [-0.25, -0.2) is 0 Å². The Morgan fingerprint density at radius 1 is 1.25 bits per heavy atom.